The Morgan fingerprint density at radius 2 is 2.21 bits per heavy atom. The molecule has 0 N–H and O–H groups in total. The van der Waals surface area contributed by atoms with E-state index in [-0.39, 0.29) is 6.03 Å². The van der Waals surface area contributed by atoms with Gasteiger partial charge in [-0.1, -0.05) is 19.3 Å². The number of hydrogen-bond donors (Lipinski definition) is 0. The van der Waals surface area contributed by atoms with Crippen molar-refractivity contribution in [2.75, 3.05) is 19.6 Å². The summed E-state index contributed by atoms with van der Waals surface area (Å²) in [5.41, 5.74) is 0. The van der Waals surface area contributed by atoms with Crippen molar-refractivity contribution in [2.24, 2.45) is 5.92 Å². The minimum absolute atomic E-state index is 0.0184. The fourth-order valence-corrected chi connectivity index (χ4v) is 2.19. The van der Waals surface area contributed by atoms with Crippen molar-refractivity contribution in [3.8, 4) is 0 Å². The second kappa shape index (κ2) is 4.67. The summed E-state index contributed by atoms with van der Waals surface area (Å²) >= 11 is 0. The van der Waals surface area contributed by atoms with Crippen molar-refractivity contribution >= 4 is 6.03 Å². The summed E-state index contributed by atoms with van der Waals surface area (Å²) in [6, 6.07) is 0.0184. The van der Waals surface area contributed by atoms with Crippen LogP contribution in [0.25, 0.3) is 0 Å². The van der Waals surface area contributed by atoms with E-state index in [0.717, 1.165) is 32.0 Å². The minimum Gasteiger partial charge on any atom is -0.323 e. The third-order valence-corrected chi connectivity index (χ3v) is 3.37. The van der Waals surface area contributed by atoms with E-state index in [9.17, 15) is 4.79 Å². The van der Waals surface area contributed by atoms with Crippen molar-refractivity contribution < 1.29 is 4.79 Å². The van der Waals surface area contributed by atoms with Crippen molar-refractivity contribution in [2.45, 2.75) is 38.5 Å². The smallest absolute Gasteiger partial charge is 0.323 e. The number of rotatable bonds is 4. The predicted molar refractivity (Wildman–Crippen MR) is 55.2 cm³/mol. The van der Waals surface area contributed by atoms with E-state index in [2.05, 4.69) is 5.32 Å². The molecule has 0 aromatic carbocycles. The lowest BCUT2D eigenvalue weighted by Crippen LogP contribution is -2.43. The van der Waals surface area contributed by atoms with Crippen LogP contribution >= 0.6 is 0 Å². The zero-order valence-electron chi connectivity index (χ0n) is 8.74. The molecule has 0 aromatic heterocycles. The van der Waals surface area contributed by atoms with Crippen LogP contribution in [-0.2, 0) is 0 Å². The van der Waals surface area contributed by atoms with Crippen molar-refractivity contribution in [1.29, 1.82) is 0 Å². The summed E-state index contributed by atoms with van der Waals surface area (Å²) in [7, 11) is 0. The van der Waals surface area contributed by atoms with E-state index in [0.29, 0.717) is 0 Å². The van der Waals surface area contributed by atoms with E-state index < -0.39 is 0 Å². The topological polar surface area (TPSA) is 34.4 Å². The van der Waals surface area contributed by atoms with Gasteiger partial charge in [-0.2, -0.15) is 0 Å². The summed E-state index contributed by atoms with van der Waals surface area (Å²) in [5, 5.41) is 3.93. The average molecular weight is 195 g/mol. The van der Waals surface area contributed by atoms with E-state index in [1.807, 2.05) is 4.90 Å². The Kier molecular flexibility index (Phi) is 3.27. The van der Waals surface area contributed by atoms with E-state index in [1.165, 1.54) is 32.1 Å². The summed E-state index contributed by atoms with van der Waals surface area (Å²) in [6.45, 7) is 2.59. The van der Waals surface area contributed by atoms with Gasteiger partial charge >= 0.3 is 6.03 Å². The maximum absolute atomic E-state index is 11.3. The zero-order chi connectivity index (χ0) is 9.80. The van der Waals surface area contributed by atoms with Crippen LogP contribution in [0.1, 0.15) is 38.5 Å². The van der Waals surface area contributed by atoms with Gasteiger partial charge in [0.05, 0.1) is 0 Å². The monoisotopic (exact) mass is 195 g/mol. The Hall–Kier alpha value is -0.730. The highest BCUT2D eigenvalue weighted by Gasteiger charge is 2.20. The number of nitrogens with zero attached hydrogens (tertiary/aromatic N) is 2. The second-order valence-electron chi connectivity index (χ2n) is 4.44. The Bertz CT molecular complexity index is 201. The normalized spacial score (nSPS) is 23.1. The van der Waals surface area contributed by atoms with Gasteiger partial charge in [-0.25, -0.2) is 10.1 Å². The van der Waals surface area contributed by atoms with Crippen LogP contribution in [0.5, 0.6) is 0 Å². The molecule has 79 valence electrons. The molecular weight excluding hydrogens is 176 g/mol. The van der Waals surface area contributed by atoms with Gasteiger partial charge in [0, 0.05) is 19.6 Å². The van der Waals surface area contributed by atoms with Gasteiger partial charge in [-0.15, -0.1) is 0 Å². The first-order valence-corrected chi connectivity index (χ1v) is 5.82. The quantitative estimate of drug-likeness (QED) is 0.675. The molecule has 1 aliphatic carbocycles. The fourth-order valence-electron chi connectivity index (χ4n) is 2.19. The standard InChI is InChI=1S/C11H19N2O/c14-11-12-7-3-9-13(11)8-2-6-10-4-1-5-10/h10H,1-9H2. The molecule has 3 nitrogen and oxygen atoms in total. The van der Waals surface area contributed by atoms with Gasteiger partial charge in [0.2, 0.25) is 0 Å². The van der Waals surface area contributed by atoms with Crippen LogP contribution in [0.4, 0.5) is 4.79 Å². The first kappa shape index (κ1) is 9.81. The fraction of sp³-hybridized carbons (Fsp3) is 0.909. The van der Waals surface area contributed by atoms with E-state index in [4.69, 9.17) is 0 Å². The van der Waals surface area contributed by atoms with Crippen LogP contribution in [0.3, 0.4) is 0 Å². The van der Waals surface area contributed by atoms with Crippen molar-refractivity contribution in [3.63, 3.8) is 0 Å². The lowest BCUT2D eigenvalue weighted by molar-refractivity contribution is 0.180. The first-order chi connectivity index (χ1) is 6.86. The lowest BCUT2D eigenvalue weighted by atomic mass is 9.82. The third-order valence-electron chi connectivity index (χ3n) is 3.37. The highest BCUT2D eigenvalue weighted by molar-refractivity contribution is 5.74. The molecule has 2 fully saturated rings. The summed E-state index contributed by atoms with van der Waals surface area (Å²) in [6.07, 6.45) is 7.78. The minimum atomic E-state index is 0.0184. The molecule has 0 spiro atoms. The molecule has 1 radical (unpaired) electrons. The average Bonchev–Trinajstić information content (AvgIpc) is 2.12. The molecule has 0 bridgehead atoms. The van der Waals surface area contributed by atoms with Crippen LogP contribution in [0, 0.1) is 5.92 Å². The maximum atomic E-state index is 11.3. The molecule has 2 aliphatic rings. The third kappa shape index (κ3) is 2.40. The van der Waals surface area contributed by atoms with Gasteiger partial charge in [-0.05, 0) is 25.2 Å². The zero-order valence-corrected chi connectivity index (χ0v) is 8.74. The number of carbonyl (C=O) groups is 1. The molecule has 2 amide bonds. The number of urea groups is 1. The second-order valence-corrected chi connectivity index (χ2v) is 4.44. The van der Waals surface area contributed by atoms with Crippen molar-refractivity contribution in [3.05, 3.63) is 0 Å². The van der Waals surface area contributed by atoms with Gasteiger partial charge in [0.25, 0.3) is 0 Å². The highest BCUT2D eigenvalue weighted by atomic mass is 16.2. The molecule has 14 heavy (non-hydrogen) atoms. The molecule has 1 aliphatic heterocycles. The van der Waals surface area contributed by atoms with E-state index in [1.54, 1.807) is 0 Å². The van der Waals surface area contributed by atoms with Crippen LogP contribution < -0.4 is 5.32 Å². The Labute approximate surface area is 85.8 Å². The van der Waals surface area contributed by atoms with Crippen LogP contribution in [0.15, 0.2) is 0 Å². The molecule has 1 heterocycles. The largest absolute Gasteiger partial charge is 0.338 e. The molecule has 1 saturated carbocycles. The molecule has 2 rings (SSSR count). The molecule has 3 heteroatoms. The lowest BCUT2D eigenvalue weighted by Gasteiger charge is -2.29. The van der Waals surface area contributed by atoms with Crippen molar-refractivity contribution in [1.82, 2.24) is 10.2 Å². The maximum Gasteiger partial charge on any atom is 0.338 e. The molecular formula is C11H19N2O. The van der Waals surface area contributed by atoms with Gasteiger partial charge in [0.15, 0.2) is 0 Å². The summed E-state index contributed by atoms with van der Waals surface area (Å²) in [5.74, 6) is 0.965. The Morgan fingerprint density at radius 1 is 1.36 bits per heavy atom. The van der Waals surface area contributed by atoms with Gasteiger partial charge in [-0.3, -0.25) is 0 Å². The Morgan fingerprint density at radius 3 is 2.86 bits per heavy atom. The molecule has 0 aromatic rings. The van der Waals surface area contributed by atoms with Crippen LogP contribution in [0.2, 0.25) is 0 Å². The van der Waals surface area contributed by atoms with E-state index >= 15 is 0 Å². The molecule has 1 saturated heterocycles. The number of carbonyl (C=O) groups excluding carboxylic acids is 1. The SMILES string of the molecule is O=C1[N]CCCN1CCCC1CCC1. The van der Waals surface area contributed by atoms with Crippen LogP contribution in [-0.4, -0.2) is 30.6 Å². The Balaban J connectivity index is 1.60. The first-order valence-electron chi connectivity index (χ1n) is 5.82. The molecule has 0 atom stereocenters. The summed E-state index contributed by atoms with van der Waals surface area (Å²) in [4.78, 5) is 13.2. The number of hydrogen-bond acceptors (Lipinski definition) is 1. The summed E-state index contributed by atoms with van der Waals surface area (Å²) < 4.78 is 0. The molecule has 0 unspecified atom stereocenters. The number of amides is 2. The highest BCUT2D eigenvalue weighted by Crippen LogP contribution is 2.30. The van der Waals surface area contributed by atoms with Gasteiger partial charge < -0.3 is 4.90 Å². The predicted octanol–water partition coefficient (Wildman–Crippen LogP) is 2.00. The van der Waals surface area contributed by atoms with Gasteiger partial charge in [0.1, 0.15) is 0 Å².